The third-order valence-electron chi connectivity index (χ3n) is 3.18. The molecule has 0 bridgehead atoms. The number of hydrogen-bond donors (Lipinski definition) is 1. The first kappa shape index (κ1) is 8.76. The Hall–Kier alpha value is -0.820. The summed E-state index contributed by atoms with van der Waals surface area (Å²) in [5.41, 5.74) is 1.84. The van der Waals surface area contributed by atoms with E-state index in [-0.39, 0.29) is 0 Å². The van der Waals surface area contributed by atoms with Crippen LogP contribution in [0.4, 0.5) is 0 Å². The highest BCUT2D eigenvalue weighted by molar-refractivity contribution is 5.36. The van der Waals surface area contributed by atoms with Gasteiger partial charge in [0.1, 0.15) is 0 Å². The molecule has 1 aromatic rings. The molecule has 0 aromatic heterocycles. The smallest absolute Gasteiger partial charge is 0.0932 e. The Morgan fingerprint density at radius 2 is 2.15 bits per heavy atom. The molecule has 1 fully saturated rings. The zero-order valence-electron chi connectivity index (χ0n) is 8.25. The normalized spacial score (nSPS) is 31.8. The van der Waals surface area contributed by atoms with Gasteiger partial charge in [0.25, 0.3) is 0 Å². The van der Waals surface area contributed by atoms with E-state index in [4.69, 9.17) is 0 Å². The molecule has 70 valence electrons. The van der Waals surface area contributed by atoms with E-state index in [1.807, 2.05) is 18.2 Å². The summed E-state index contributed by atoms with van der Waals surface area (Å²) in [6.45, 7) is 4.21. The molecule has 1 saturated carbocycles. The SMILES string of the molecule is CCC1CC1(O)c1ccccc1C. The van der Waals surface area contributed by atoms with Crippen molar-refractivity contribution in [2.24, 2.45) is 5.92 Å². The number of hydrogen-bond acceptors (Lipinski definition) is 1. The first-order valence-corrected chi connectivity index (χ1v) is 4.97. The molecule has 1 aliphatic rings. The first-order valence-electron chi connectivity index (χ1n) is 4.97. The summed E-state index contributed by atoms with van der Waals surface area (Å²) in [4.78, 5) is 0. The predicted octanol–water partition coefficient (Wildman–Crippen LogP) is 2.61. The van der Waals surface area contributed by atoms with E-state index < -0.39 is 5.60 Å². The molecule has 0 spiro atoms. The molecule has 0 aliphatic heterocycles. The largest absolute Gasteiger partial charge is 0.385 e. The highest BCUT2D eigenvalue weighted by Crippen LogP contribution is 2.54. The average molecular weight is 176 g/mol. The zero-order chi connectivity index (χ0) is 9.47. The molecule has 1 nitrogen and oxygen atoms in total. The maximum Gasteiger partial charge on any atom is 0.0932 e. The van der Waals surface area contributed by atoms with Gasteiger partial charge >= 0.3 is 0 Å². The number of aryl methyl sites for hydroxylation is 1. The van der Waals surface area contributed by atoms with Crippen molar-refractivity contribution in [3.8, 4) is 0 Å². The van der Waals surface area contributed by atoms with Gasteiger partial charge in [0.15, 0.2) is 0 Å². The summed E-state index contributed by atoms with van der Waals surface area (Å²) in [5, 5.41) is 10.2. The summed E-state index contributed by atoms with van der Waals surface area (Å²) in [5.74, 6) is 0.480. The molecule has 2 rings (SSSR count). The van der Waals surface area contributed by atoms with Crippen molar-refractivity contribution in [3.05, 3.63) is 35.4 Å². The van der Waals surface area contributed by atoms with E-state index >= 15 is 0 Å². The van der Waals surface area contributed by atoms with Crippen LogP contribution >= 0.6 is 0 Å². The summed E-state index contributed by atoms with van der Waals surface area (Å²) in [7, 11) is 0. The Labute approximate surface area is 79.4 Å². The van der Waals surface area contributed by atoms with Crippen LogP contribution in [0.1, 0.15) is 30.9 Å². The summed E-state index contributed by atoms with van der Waals surface area (Å²) in [6.07, 6.45) is 2.01. The van der Waals surface area contributed by atoms with Gasteiger partial charge in [-0.2, -0.15) is 0 Å². The van der Waals surface area contributed by atoms with Crippen LogP contribution in [0.25, 0.3) is 0 Å². The Balaban J connectivity index is 2.32. The monoisotopic (exact) mass is 176 g/mol. The first-order chi connectivity index (χ1) is 6.18. The lowest BCUT2D eigenvalue weighted by Crippen LogP contribution is -2.10. The van der Waals surface area contributed by atoms with Gasteiger partial charge in [-0.15, -0.1) is 0 Å². The van der Waals surface area contributed by atoms with Gasteiger partial charge in [0.05, 0.1) is 5.60 Å². The second-order valence-corrected chi connectivity index (χ2v) is 4.05. The third-order valence-corrected chi connectivity index (χ3v) is 3.18. The van der Waals surface area contributed by atoms with E-state index in [9.17, 15) is 5.11 Å². The Bertz CT molecular complexity index is 319. The van der Waals surface area contributed by atoms with Crippen LogP contribution < -0.4 is 0 Å². The quantitative estimate of drug-likeness (QED) is 0.734. The van der Waals surface area contributed by atoms with E-state index in [0.717, 1.165) is 18.4 Å². The molecule has 0 radical (unpaired) electrons. The molecule has 1 aliphatic carbocycles. The molecule has 1 aromatic carbocycles. The van der Waals surface area contributed by atoms with Crippen molar-refractivity contribution >= 4 is 0 Å². The van der Waals surface area contributed by atoms with Crippen LogP contribution in [-0.2, 0) is 5.60 Å². The van der Waals surface area contributed by atoms with Gasteiger partial charge in [0.2, 0.25) is 0 Å². The van der Waals surface area contributed by atoms with Crippen LogP contribution in [0.15, 0.2) is 24.3 Å². The third kappa shape index (κ3) is 1.28. The van der Waals surface area contributed by atoms with Crippen LogP contribution in [0.2, 0.25) is 0 Å². The van der Waals surface area contributed by atoms with Gasteiger partial charge < -0.3 is 5.11 Å². The van der Waals surface area contributed by atoms with E-state index in [0.29, 0.717) is 5.92 Å². The molecule has 2 atom stereocenters. The summed E-state index contributed by atoms with van der Waals surface area (Å²) >= 11 is 0. The van der Waals surface area contributed by atoms with E-state index in [2.05, 4.69) is 19.9 Å². The predicted molar refractivity (Wildman–Crippen MR) is 53.5 cm³/mol. The summed E-state index contributed by atoms with van der Waals surface area (Å²) in [6, 6.07) is 8.14. The van der Waals surface area contributed by atoms with E-state index in [1.54, 1.807) is 0 Å². The van der Waals surface area contributed by atoms with Crippen molar-refractivity contribution in [3.63, 3.8) is 0 Å². The fraction of sp³-hybridized carbons (Fsp3) is 0.500. The molecule has 2 unspecified atom stereocenters. The van der Waals surface area contributed by atoms with Gasteiger partial charge in [-0.1, -0.05) is 37.6 Å². The lowest BCUT2D eigenvalue weighted by Gasteiger charge is -2.13. The van der Waals surface area contributed by atoms with Gasteiger partial charge in [0, 0.05) is 0 Å². The minimum Gasteiger partial charge on any atom is -0.385 e. The van der Waals surface area contributed by atoms with Gasteiger partial charge in [-0.05, 0) is 30.4 Å². The molecule has 0 amide bonds. The maximum atomic E-state index is 10.2. The van der Waals surface area contributed by atoms with Crippen molar-refractivity contribution in [1.29, 1.82) is 0 Å². The van der Waals surface area contributed by atoms with Crippen molar-refractivity contribution in [2.45, 2.75) is 32.3 Å². The Morgan fingerprint density at radius 1 is 1.46 bits per heavy atom. The molecule has 1 heteroatoms. The van der Waals surface area contributed by atoms with Crippen LogP contribution in [0.3, 0.4) is 0 Å². The minimum atomic E-state index is -0.500. The second kappa shape index (κ2) is 2.85. The second-order valence-electron chi connectivity index (χ2n) is 4.05. The highest BCUT2D eigenvalue weighted by atomic mass is 16.3. The lowest BCUT2D eigenvalue weighted by molar-refractivity contribution is 0.129. The maximum absolute atomic E-state index is 10.2. The fourth-order valence-corrected chi connectivity index (χ4v) is 2.19. The number of aliphatic hydroxyl groups is 1. The summed E-state index contributed by atoms with van der Waals surface area (Å²) < 4.78 is 0. The van der Waals surface area contributed by atoms with Crippen molar-refractivity contribution in [1.82, 2.24) is 0 Å². The topological polar surface area (TPSA) is 20.2 Å². The van der Waals surface area contributed by atoms with Crippen LogP contribution in [0, 0.1) is 12.8 Å². The highest BCUT2D eigenvalue weighted by Gasteiger charge is 2.53. The molecule has 13 heavy (non-hydrogen) atoms. The molecular weight excluding hydrogens is 160 g/mol. The Kier molecular flexibility index (Phi) is 1.92. The lowest BCUT2D eigenvalue weighted by atomic mass is 9.99. The molecule has 0 saturated heterocycles. The van der Waals surface area contributed by atoms with Crippen molar-refractivity contribution in [2.75, 3.05) is 0 Å². The zero-order valence-corrected chi connectivity index (χ0v) is 8.25. The molecular formula is C12H16O. The Morgan fingerprint density at radius 3 is 2.69 bits per heavy atom. The molecule has 1 N–H and O–H groups in total. The van der Waals surface area contributed by atoms with Crippen LogP contribution in [0.5, 0.6) is 0 Å². The minimum absolute atomic E-state index is 0.480. The molecule has 0 heterocycles. The van der Waals surface area contributed by atoms with Crippen LogP contribution in [-0.4, -0.2) is 5.11 Å². The number of rotatable bonds is 2. The average Bonchev–Trinajstić information content (AvgIpc) is 2.79. The standard InChI is InChI=1S/C12H16O/c1-3-10-8-12(10,13)11-7-5-4-6-9(11)2/h4-7,10,13H,3,8H2,1-2H3. The fourth-order valence-electron chi connectivity index (χ4n) is 2.19. The van der Waals surface area contributed by atoms with E-state index in [1.165, 1.54) is 5.56 Å². The number of benzene rings is 1. The van der Waals surface area contributed by atoms with Crippen molar-refractivity contribution < 1.29 is 5.11 Å². The van der Waals surface area contributed by atoms with Gasteiger partial charge in [-0.25, -0.2) is 0 Å². The van der Waals surface area contributed by atoms with Gasteiger partial charge in [-0.3, -0.25) is 0 Å².